The van der Waals surface area contributed by atoms with E-state index < -0.39 is 21.7 Å². The molecular weight excluding hydrogens is 238 g/mol. The molecule has 0 amide bonds. The molecule has 0 radical (unpaired) electrons. The number of aliphatic carboxylic acids is 1. The van der Waals surface area contributed by atoms with Gasteiger partial charge in [-0.2, -0.15) is 11.8 Å². The van der Waals surface area contributed by atoms with Crippen molar-refractivity contribution in [1.82, 2.24) is 4.72 Å². The highest BCUT2D eigenvalue weighted by molar-refractivity contribution is 8.00. The van der Waals surface area contributed by atoms with E-state index in [1.54, 1.807) is 11.8 Å². The van der Waals surface area contributed by atoms with Crippen LogP contribution in [0.15, 0.2) is 0 Å². The van der Waals surface area contributed by atoms with Crippen molar-refractivity contribution in [2.45, 2.75) is 24.5 Å². The van der Waals surface area contributed by atoms with E-state index in [1.807, 2.05) is 0 Å². The van der Waals surface area contributed by atoms with Crippen molar-refractivity contribution >= 4 is 27.8 Å². The number of hydrogen-bond donors (Lipinski definition) is 2. The Hall–Kier alpha value is -0.270. The monoisotopic (exact) mass is 253 g/mol. The molecule has 88 valence electrons. The molecule has 1 aliphatic rings. The SMILES string of the molecule is O=C(O)CS(=O)(=O)NCC1CCCCS1. The average molecular weight is 253 g/mol. The number of carboxylic acids is 1. The topological polar surface area (TPSA) is 83.5 Å². The second kappa shape index (κ2) is 5.72. The van der Waals surface area contributed by atoms with E-state index >= 15 is 0 Å². The van der Waals surface area contributed by atoms with Crippen molar-refractivity contribution in [2.75, 3.05) is 18.1 Å². The minimum Gasteiger partial charge on any atom is -0.480 e. The van der Waals surface area contributed by atoms with E-state index in [9.17, 15) is 13.2 Å². The molecule has 1 fully saturated rings. The Labute approximate surface area is 93.7 Å². The third-order valence-electron chi connectivity index (χ3n) is 2.12. The van der Waals surface area contributed by atoms with Crippen LogP contribution in [0.5, 0.6) is 0 Å². The number of sulfonamides is 1. The van der Waals surface area contributed by atoms with Crippen molar-refractivity contribution in [1.29, 1.82) is 0 Å². The standard InChI is InChI=1S/C8H15NO4S2/c10-8(11)6-15(12,13)9-5-7-3-1-2-4-14-7/h7,9H,1-6H2,(H,10,11). The molecule has 0 bridgehead atoms. The highest BCUT2D eigenvalue weighted by atomic mass is 32.2. The molecular formula is C8H15NO4S2. The molecule has 0 aromatic rings. The van der Waals surface area contributed by atoms with Gasteiger partial charge in [-0.1, -0.05) is 6.42 Å². The zero-order valence-corrected chi connectivity index (χ0v) is 9.94. The lowest BCUT2D eigenvalue weighted by atomic mass is 10.2. The average Bonchev–Trinajstić information content (AvgIpc) is 2.15. The van der Waals surface area contributed by atoms with E-state index in [0.29, 0.717) is 11.8 Å². The van der Waals surface area contributed by atoms with Crippen LogP contribution >= 0.6 is 11.8 Å². The summed E-state index contributed by atoms with van der Waals surface area (Å²) in [6.45, 7) is 0.348. The first-order valence-corrected chi connectivity index (χ1v) is 7.50. The number of carboxylic acid groups (broad SMARTS) is 1. The van der Waals surface area contributed by atoms with Gasteiger partial charge in [-0.15, -0.1) is 0 Å². The molecule has 1 unspecified atom stereocenters. The lowest BCUT2D eigenvalue weighted by molar-refractivity contribution is -0.134. The van der Waals surface area contributed by atoms with E-state index in [0.717, 1.165) is 18.6 Å². The van der Waals surface area contributed by atoms with Gasteiger partial charge >= 0.3 is 5.97 Å². The summed E-state index contributed by atoms with van der Waals surface area (Å²) < 4.78 is 24.7. The maximum atomic E-state index is 11.2. The first kappa shape index (κ1) is 12.8. The molecule has 0 aromatic heterocycles. The van der Waals surface area contributed by atoms with Gasteiger partial charge in [0.05, 0.1) is 0 Å². The zero-order valence-electron chi connectivity index (χ0n) is 8.31. The van der Waals surface area contributed by atoms with Gasteiger partial charge in [0, 0.05) is 11.8 Å². The van der Waals surface area contributed by atoms with Crippen LogP contribution in [0.3, 0.4) is 0 Å². The lowest BCUT2D eigenvalue weighted by Crippen LogP contribution is -2.35. The third kappa shape index (κ3) is 5.39. The first-order valence-electron chi connectivity index (χ1n) is 4.80. The molecule has 1 aliphatic heterocycles. The predicted octanol–water partition coefficient (Wildman–Crippen LogP) is 0.276. The van der Waals surface area contributed by atoms with Gasteiger partial charge in [-0.3, -0.25) is 4.79 Å². The largest absolute Gasteiger partial charge is 0.480 e. The first-order chi connectivity index (χ1) is 6.99. The van der Waals surface area contributed by atoms with E-state index in [4.69, 9.17) is 5.11 Å². The van der Waals surface area contributed by atoms with E-state index in [-0.39, 0.29) is 0 Å². The smallest absolute Gasteiger partial charge is 0.320 e. The molecule has 0 aliphatic carbocycles. The van der Waals surface area contributed by atoms with E-state index in [1.165, 1.54) is 6.42 Å². The Morgan fingerprint density at radius 3 is 2.73 bits per heavy atom. The Morgan fingerprint density at radius 1 is 1.47 bits per heavy atom. The molecule has 1 rings (SSSR count). The highest BCUT2D eigenvalue weighted by Crippen LogP contribution is 2.24. The van der Waals surface area contributed by atoms with Crippen molar-refractivity contribution in [3.63, 3.8) is 0 Å². The van der Waals surface area contributed by atoms with Crippen molar-refractivity contribution in [2.24, 2.45) is 0 Å². The van der Waals surface area contributed by atoms with Gasteiger partial charge < -0.3 is 5.11 Å². The van der Waals surface area contributed by atoms with Crippen LogP contribution in [-0.4, -0.2) is 42.8 Å². The zero-order chi connectivity index (χ0) is 11.3. The molecule has 15 heavy (non-hydrogen) atoms. The maximum Gasteiger partial charge on any atom is 0.320 e. The summed E-state index contributed by atoms with van der Waals surface area (Å²) in [5, 5.41) is 8.66. The molecule has 7 heteroatoms. The Bertz CT molecular complexity index is 309. The predicted molar refractivity (Wildman–Crippen MR) is 59.5 cm³/mol. The number of nitrogens with one attached hydrogen (secondary N) is 1. The number of hydrogen-bond acceptors (Lipinski definition) is 4. The molecule has 2 N–H and O–H groups in total. The van der Waals surface area contributed by atoms with E-state index in [2.05, 4.69) is 4.72 Å². The van der Waals surface area contributed by atoms with Crippen molar-refractivity contribution in [3.05, 3.63) is 0 Å². The summed E-state index contributed by atoms with van der Waals surface area (Å²) in [7, 11) is -3.64. The van der Waals surface area contributed by atoms with Gasteiger partial charge in [0.2, 0.25) is 10.0 Å². The molecule has 1 atom stereocenters. The summed E-state index contributed by atoms with van der Waals surface area (Å²) in [4.78, 5) is 10.2. The maximum absolute atomic E-state index is 11.2. The fourth-order valence-corrected chi connectivity index (χ4v) is 3.63. The van der Waals surface area contributed by atoms with Gasteiger partial charge in [-0.25, -0.2) is 13.1 Å². The summed E-state index contributed by atoms with van der Waals surface area (Å²) >= 11 is 1.75. The van der Waals surface area contributed by atoms with Crippen LogP contribution in [0.25, 0.3) is 0 Å². The summed E-state index contributed by atoms with van der Waals surface area (Å²) in [5.74, 6) is -1.10. The number of thioether (sulfide) groups is 1. The molecule has 1 heterocycles. The minimum atomic E-state index is -3.64. The van der Waals surface area contributed by atoms with Crippen molar-refractivity contribution < 1.29 is 18.3 Å². The Morgan fingerprint density at radius 2 is 2.20 bits per heavy atom. The van der Waals surface area contributed by atoms with Gasteiger partial charge in [0.1, 0.15) is 0 Å². The summed E-state index contributed by atoms with van der Waals surface area (Å²) in [6, 6.07) is 0. The van der Waals surface area contributed by atoms with Crippen LogP contribution in [0.2, 0.25) is 0 Å². The highest BCUT2D eigenvalue weighted by Gasteiger charge is 2.19. The third-order valence-corrected chi connectivity index (χ3v) is 4.75. The van der Waals surface area contributed by atoms with Gasteiger partial charge in [0.25, 0.3) is 0 Å². The second-order valence-electron chi connectivity index (χ2n) is 3.49. The van der Waals surface area contributed by atoms with Crippen molar-refractivity contribution in [3.8, 4) is 0 Å². The van der Waals surface area contributed by atoms with Gasteiger partial charge in [0.15, 0.2) is 5.75 Å². The van der Waals surface area contributed by atoms with Crippen LogP contribution in [0.1, 0.15) is 19.3 Å². The van der Waals surface area contributed by atoms with Crippen LogP contribution in [0, 0.1) is 0 Å². The van der Waals surface area contributed by atoms with Crippen LogP contribution in [-0.2, 0) is 14.8 Å². The molecule has 5 nitrogen and oxygen atoms in total. The van der Waals surface area contributed by atoms with Gasteiger partial charge in [-0.05, 0) is 18.6 Å². The molecule has 0 aromatic carbocycles. The quantitative estimate of drug-likeness (QED) is 0.735. The fraction of sp³-hybridized carbons (Fsp3) is 0.875. The van der Waals surface area contributed by atoms with Crippen LogP contribution < -0.4 is 4.72 Å². The minimum absolute atomic E-state index is 0.294. The molecule has 0 saturated carbocycles. The fourth-order valence-electron chi connectivity index (χ4n) is 1.40. The number of carbonyl (C=O) groups is 1. The molecule has 0 spiro atoms. The lowest BCUT2D eigenvalue weighted by Gasteiger charge is -2.21. The summed E-state index contributed by atoms with van der Waals surface area (Å²) in [6.07, 6.45) is 3.31. The second-order valence-corrected chi connectivity index (χ2v) is 6.70. The summed E-state index contributed by atoms with van der Waals surface area (Å²) in [5.41, 5.74) is 0. The Balaban J connectivity index is 2.31. The normalized spacial score (nSPS) is 22.5. The number of rotatable bonds is 5. The Kier molecular flexibility index (Phi) is 4.88. The van der Waals surface area contributed by atoms with Crippen LogP contribution in [0.4, 0.5) is 0 Å². The molecule has 1 saturated heterocycles.